The van der Waals surface area contributed by atoms with Gasteiger partial charge in [0.1, 0.15) is 18.8 Å². The lowest BCUT2D eigenvalue weighted by atomic mass is 10.1. The number of morpholine rings is 1. The molecule has 0 aliphatic carbocycles. The predicted molar refractivity (Wildman–Crippen MR) is 66.3 cm³/mol. The van der Waals surface area contributed by atoms with Crippen molar-refractivity contribution in [1.29, 1.82) is 5.26 Å². The first kappa shape index (κ1) is 12.8. The van der Waals surface area contributed by atoms with Gasteiger partial charge in [-0.3, -0.25) is 0 Å². The summed E-state index contributed by atoms with van der Waals surface area (Å²) < 4.78 is 11.5. The van der Waals surface area contributed by atoms with Crippen molar-refractivity contribution in [2.45, 2.75) is 25.6 Å². The Morgan fingerprint density at radius 1 is 1.67 bits per heavy atom. The standard InChI is InChI=1S/C13H17N3O2/c1-13(2)9-15-7-10(18-13)8-17-12-4-3-5-16-11(12)6-14/h3-5,10,15H,7-9H2,1-2H3. The second-order valence-electron chi connectivity index (χ2n) is 4.90. The maximum Gasteiger partial charge on any atom is 0.182 e. The van der Waals surface area contributed by atoms with E-state index in [9.17, 15) is 0 Å². The smallest absolute Gasteiger partial charge is 0.182 e. The quantitative estimate of drug-likeness (QED) is 0.866. The minimum Gasteiger partial charge on any atom is -0.488 e. The van der Waals surface area contributed by atoms with Gasteiger partial charge in [0.25, 0.3) is 0 Å². The fraction of sp³-hybridized carbons (Fsp3) is 0.538. The number of nitrogens with one attached hydrogen (secondary N) is 1. The fourth-order valence-electron chi connectivity index (χ4n) is 1.94. The van der Waals surface area contributed by atoms with Gasteiger partial charge in [0.05, 0.1) is 5.60 Å². The van der Waals surface area contributed by atoms with Crippen molar-refractivity contribution in [2.24, 2.45) is 0 Å². The summed E-state index contributed by atoms with van der Waals surface area (Å²) in [7, 11) is 0. The van der Waals surface area contributed by atoms with Crippen molar-refractivity contribution in [3.63, 3.8) is 0 Å². The number of hydrogen-bond donors (Lipinski definition) is 1. The van der Waals surface area contributed by atoms with Crippen molar-refractivity contribution >= 4 is 0 Å². The van der Waals surface area contributed by atoms with Gasteiger partial charge >= 0.3 is 0 Å². The van der Waals surface area contributed by atoms with E-state index in [1.165, 1.54) is 0 Å². The highest BCUT2D eigenvalue weighted by Gasteiger charge is 2.28. The van der Waals surface area contributed by atoms with Crippen LogP contribution in [0, 0.1) is 11.3 Å². The molecule has 1 aromatic rings. The van der Waals surface area contributed by atoms with Crippen LogP contribution in [-0.4, -0.2) is 36.4 Å². The summed E-state index contributed by atoms with van der Waals surface area (Å²) in [6.45, 7) is 6.08. The largest absolute Gasteiger partial charge is 0.488 e. The van der Waals surface area contributed by atoms with E-state index in [2.05, 4.69) is 10.3 Å². The fourth-order valence-corrected chi connectivity index (χ4v) is 1.94. The number of pyridine rings is 1. The summed E-state index contributed by atoms with van der Waals surface area (Å²) in [5.74, 6) is 0.506. The van der Waals surface area contributed by atoms with Crippen LogP contribution in [0.15, 0.2) is 18.3 Å². The van der Waals surface area contributed by atoms with Gasteiger partial charge in [-0.1, -0.05) is 0 Å². The number of ether oxygens (including phenoxy) is 2. The molecule has 1 fully saturated rings. The lowest BCUT2D eigenvalue weighted by Gasteiger charge is -2.36. The van der Waals surface area contributed by atoms with Gasteiger partial charge in [-0.15, -0.1) is 0 Å². The zero-order valence-electron chi connectivity index (χ0n) is 10.6. The zero-order chi connectivity index (χ0) is 13.0. The Morgan fingerprint density at radius 2 is 2.50 bits per heavy atom. The van der Waals surface area contributed by atoms with Crippen LogP contribution < -0.4 is 10.1 Å². The molecular formula is C13H17N3O2. The highest BCUT2D eigenvalue weighted by atomic mass is 16.5. The number of rotatable bonds is 3. The molecule has 5 heteroatoms. The van der Waals surface area contributed by atoms with Crippen LogP contribution in [0.25, 0.3) is 0 Å². The summed E-state index contributed by atoms with van der Waals surface area (Å²) in [5.41, 5.74) is 0.125. The molecule has 0 radical (unpaired) electrons. The van der Waals surface area contributed by atoms with Crippen molar-refractivity contribution in [3.05, 3.63) is 24.0 Å². The van der Waals surface area contributed by atoms with Crippen molar-refractivity contribution < 1.29 is 9.47 Å². The average molecular weight is 247 g/mol. The summed E-state index contributed by atoms with van der Waals surface area (Å²) in [4.78, 5) is 3.95. The number of hydrogen-bond acceptors (Lipinski definition) is 5. The summed E-state index contributed by atoms with van der Waals surface area (Å²) in [6.07, 6.45) is 1.56. The van der Waals surface area contributed by atoms with E-state index < -0.39 is 0 Å². The summed E-state index contributed by atoms with van der Waals surface area (Å²) in [6, 6.07) is 5.50. The molecule has 2 rings (SSSR count). The van der Waals surface area contributed by atoms with Crippen LogP contribution >= 0.6 is 0 Å². The monoisotopic (exact) mass is 247 g/mol. The SMILES string of the molecule is CC1(C)CNCC(COc2cccnc2C#N)O1. The third-order valence-corrected chi connectivity index (χ3v) is 2.71. The van der Waals surface area contributed by atoms with E-state index in [0.717, 1.165) is 13.1 Å². The molecule has 0 saturated carbocycles. The Hall–Kier alpha value is -1.64. The number of nitrogens with zero attached hydrogens (tertiary/aromatic N) is 2. The minimum absolute atomic E-state index is 0.0134. The van der Waals surface area contributed by atoms with E-state index in [0.29, 0.717) is 18.1 Å². The first-order valence-electron chi connectivity index (χ1n) is 5.97. The number of nitriles is 1. The Balaban J connectivity index is 1.94. The molecular weight excluding hydrogens is 230 g/mol. The van der Waals surface area contributed by atoms with Crippen molar-refractivity contribution in [3.8, 4) is 11.8 Å². The second kappa shape index (κ2) is 5.34. The van der Waals surface area contributed by atoms with E-state index in [1.807, 2.05) is 19.9 Å². The molecule has 0 amide bonds. The van der Waals surface area contributed by atoms with Gasteiger partial charge in [-0.05, 0) is 26.0 Å². The van der Waals surface area contributed by atoms with E-state index >= 15 is 0 Å². The average Bonchev–Trinajstić information content (AvgIpc) is 2.35. The molecule has 2 heterocycles. The van der Waals surface area contributed by atoms with E-state index in [4.69, 9.17) is 14.7 Å². The molecule has 0 bridgehead atoms. The topological polar surface area (TPSA) is 67.2 Å². The minimum atomic E-state index is -0.181. The highest BCUT2D eigenvalue weighted by molar-refractivity contribution is 5.36. The third-order valence-electron chi connectivity index (χ3n) is 2.71. The molecule has 18 heavy (non-hydrogen) atoms. The Bertz CT molecular complexity index is 454. The maximum atomic E-state index is 8.90. The van der Waals surface area contributed by atoms with Crippen molar-refractivity contribution in [1.82, 2.24) is 10.3 Å². The lowest BCUT2D eigenvalue weighted by Crippen LogP contribution is -2.52. The molecule has 96 valence electrons. The zero-order valence-corrected chi connectivity index (χ0v) is 10.6. The summed E-state index contributed by atoms with van der Waals surface area (Å²) in [5, 5.41) is 12.2. The first-order valence-corrected chi connectivity index (χ1v) is 5.97. The molecule has 1 atom stereocenters. The number of aromatic nitrogens is 1. The highest BCUT2D eigenvalue weighted by Crippen LogP contribution is 2.18. The van der Waals surface area contributed by atoms with Gasteiger partial charge in [-0.25, -0.2) is 4.98 Å². The Labute approximate surface area is 107 Å². The van der Waals surface area contributed by atoms with Crippen LogP contribution in [0.5, 0.6) is 5.75 Å². The van der Waals surface area contributed by atoms with Gasteiger partial charge in [0, 0.05) is 19.3 Å². The predicted octanol–water partition coefficient (Wildman–Crippen LogP) is 1.10. The van der Waals surface area contributed by atoms with Crippen LogP contribution in [0.4, 0.5) is 0 Å². The molecule has 1 saturated heterocycles. The molecule has 0 spiro atoms. The van der Waals surface area contributed by atoms with Gasteiger partial charge in [-0.2, -0.15) is 5.26 Å². The third kappa shape index (κ3) is 3.19. The van der Waals surface area contributed by atoms with Gasteiger partial charge in [0.2, 0.25) is 0 Å². The molecule has 1 N–H and O–H groups in total. The van der Waals surface area contributed by atoms with E-state index in [-0.39, 0.29) is 11.7 Å². The van der Waals surface area contributed by atoms with Crippen LogP contribution in [0.3, 0.4) is 0 Å². The molecule has 1 unspecified atom stereocenters. The Morgan fingerprint density at radius 3 is 3.22 bits per heavy atom. The van der Waals surface area contributed by atoms with E-state index in [1.54, 1.807) is 18.3 Å². The van der Waals surface area contributed by atoms with Crippen LogP contribution in [-0.2, 0) is 4.74 Å². The molecule has 5 nitrogen and oxygen atoms in total. The maximum absolute atomic E-state index is 8.90. The molecule has 1 aliphatic rings. The van der Waals surface area contributed by atoms with Gasteiger partial charge < -0.3 is 14.8 Å². The first-order chi connectivity index (χ1) is 8.61. The molecule has 1 aliphatic heterocycles. The van der Waals surface area contributed by atoms with Gasteiger partial charge in [0.15, 0.2) is 11.4 Å². The van der Waals surface area contributed by atoms with Crippen LogP contribution in [0.2, 0.25) is 0 Å². The van der Waals surface area contributed by atoms with Crippen LogP contribution in [0.1, 0.15) is 19.5 Å². The lowest BCUT2D eigenvalue weighted by molar-refractivity contribution is -0.107. The molecule has 1 aromatic heterocycles. The summed E-state index contributed by atoms with van der Waals surface area (Å²) >= 11 is 0. The second-order valence-corrected chi connectivity index (χ2v) is 4.90. The normalized spacial score (nSPS) is 22.2. The molecule has 0 aromatic carbocycles. The Kier molecular flexibility index (Phi) is 3.80. The van der Waals surface area contributed by atoms with Crippen molar-refractivity contribution in [2.75, 3.05) is 19.7 Å².